The number of halogens is 2. The van der Waals surface area contributed by atoms with Crippen LogP contribution in [0, 0.1) is 5.92 Å². The lowest BCUT2D eigenvalue weighted by Crippen LogP contribution is -2.44. The lowest BCUT2D eigenvalue weighted by atomic mass is 9.96. The second-order valence-electron chi connectivity index (χ2n) is 7.91. The van der Waals surface area contributed by atoms with Gasteiger partial charge >= 0.3 is 0 Å². The molecule has 7 heteroatoms. The predicted octanol–water partition coefficient (Wildman–Crippen LogP) is 3.26. The fourth-order valence-corrected chi connectivity index (χ4v) is 4.10. The van der Waals surface area contributed by atoms with Crippen LogP contribution in [0.25, 0.3) is 0 Å². The van der Waals surface area contributed by atoms with Crippen molar-refractivity contribution in [3.8, 4) is 0 Å². The highest BCUT2D eigenvalue weighted by Crippen LogP contribution is 2.15. The van der Waals surface area contributed by atoms with Crippen LogP contribution in [0.4, 0.5) is 0 Å². The first kappa shape index (κ1) is 25.2. The molecule has 160 valence electrons. The van der Waals surface area contributed by atoms with Crippen molar-refractivity contribution in [1.29, 1.82) is 0 Å². The Balaban J connectivity index is 0.00000196. The number of nitrogens with one attached hydrogen (secondary N) is 2. The number of hydrogen-bond acceptors (Lipinski definition) is 4. The summed E-state index contributed by atoms with van der Waals surface area (Å²) < 4.78 is 5.79. The van der Waals surface area contributed by atoms with E-state index in [1.54, 1.807) is 0 Å². The molecule has 1 aromatic carbocycles. The van der Waals surface area contributed by atoms with Crippen LogP contribution in [0.1, 0.15) is 49.0 Å². The Labute approximate surface area is 181 Å². The van der Waals surface area contributed by atoms with Gasteiger partial charge in [0.2, 0.25) is 0 Å². The van der Waals surface area contributed by atoms with E-state index in [1.165, 1.54) is 18.4 Å². The molecule has 28 heavy (non-hydrogen) atoms. The smallest absolute Gasteiger partial charge is 0.251 e. The predicted molar refractivity (Wildman–Crippen MR) is 119 cm³/mol. The summed E-state index contributed by atoms with van der Waals surface area (Å²) in [4.78, 5) is 14.7. The van der Waals surface area contributed by atoms with Gasteiger partial charge in [-0.1, -0.05) is 12.1 Å². The molecule has 1 aromatic rings. The molecular weight excluding hydrogens is 397 g/mol. The van der Waals surface area contributed by atoms with Crippen LogP contribution >= 0.6 is 24.8 Å². The van der Waals surface area contributed by atoms with Crippen LogP contribution in [-0.2, 0) is 11.3 Å². The van der Waals surface area contributed by atoms with Crippen molar-refractivity contribution in [3.63, 3.8) is 0 Å². The lowest BCUT2D eigenvalue weighted by molar-refractivity contribution is -0.0704. The van der Waals surface area contributed by atoms with Gasteiger partial charge in [0.1, 0.15) is 0 Å². The fourth-order valence-electron chi connectivity index (χ4n) is 4.10. The van der Waals surface area contributed by atoms with Crippen LogP contribution in [0.5, 0.6) is 0 Å². The van der Waals surface area contributed by atoms with Gasteiger partial charge in [-0.25, -0.2) is 0 Å². The Bertz CT molecular complexity index is 570. The van der Waals surface area contributed by atoms with Crippen LogP contribution in [0.2, 0.25) is 0 Å². The maximum Gasteiger partial charge on any atom is 0.251 e. The van der Waals surface area contributed by atoms with E-state index in [1.807, 2.05) is 12.1 Å². The molecule has 0 aromatic heterocycles. The molecule has 3 unspecified atom stereocenters. The highest BCUT2D eigenvalue weighted by atomic mass is 35.5. The average molecular weight is 432 g/mol. The zero-order valence-electron chi connectivity index (χ0n) is 17.0. The molecule has 0 spiro atoms. The molecule has 0 aliphatic carbocycles. The third kappa shape index (κ3) is 7.88. The molecule has 2 fully saturated rings. The monoisotopic (exact) mass is 431 g/mol. The summed E-state index contributed by atoms with van der Waals surface area (Å²) in [5.41, 5.74) is 2.00. The molecule has 3 rings (SSSR count). The van der Waals surface area contributed by atoms with Crippen molar-refractivity contribution >= 4 is 30.7 Å². The van der Waals surface area contributed by atoms with Gasteiger partial charge in [0, 0.05) is 31.7 Å². The summed E-state index contributed by atoms with van der Waals surface area (Å²) >= 11 is 0. The van der Waals surface area contributed by atoms with Crippen LogP contribution in [0.15, 0.2) is 24.3 Å². The molecule has 5 nitrogen and oxygen atoms in total. The maximum atomic E-state index is 12.3. The third-order valence-corrected chi connectivity index (χ3v) is 5.35. The number of carbonyl (C=O) groups excluding carboxylic acids is 1. The summed E-state index contributed by atoms with van der Waals surface area (Å²) in [6.45, 7) is 10.1. The van der Waals surface area contributed by atoms with E-state index >= 15 is 0 Å². The van der Waals surface area contributed by atoms with Crippen molar-refractivity contribution in [3.05, 3.63) is 35.4 Å². The molecule has 0 saturated carbocycles. The zero-order chi connectivity index (χ0) is 18.4. The molecule has 0 bridgehead atoms. The number of amides is 1. The van der Waals surface area contributed by atoms with E-state index in [9.17, 15) is 4.79 Å². The van der Waals surface area contributed by atoms with Crippen molar-refractivity contribution < 1.29 is 9.53 Å². The van der Waals surface area contributed by atoms with Crippen LogP contribution in [0.3, 0.4) is 0 Å². The second-order valence-corrected chi connectivity index (χ2v) is 7.91. The summed E-state index contributed by atoms with van der Waals surface area (Å²) in [5.74, 6) is 0.735. The molecule has 0 radical (unpaired) electrons. The molecule has 2 saturated heterocycles. The molecular formula is C21H35Cl2N3O2. The van der Waals surface area contributed by atoms with E-state index in [2.05, 4.69) is 41.5 Å². The fraction of sp³-hybridized carbons (Fsp3) is 0.667. The highest BCUT2D eigenvalue weighted by molar-refractivity contribution is 5.94. The number of morpholine rings is 1. The molecule has 2 aliphatic heterocycles. The molecule has 2 heterocycles. The number of benzene rings is 1. The number of rotatable bonds is 6. The Morgan fingerprint density at radius 2 is 1.86 bits per heavy atom. The molecule has 1 amide bonds. The molecule has 2 aliphatic rings. The summed E-state index contributed by atoms with van der Waals surface area (Å²) in [5, 5.41) is 6.49. The van der Waals surface area contributed by atoms with E-state index < -0.39 is 0 Å². The molecule has 3 atom stereocenters. The minimum Gasteiger partial charge on any atom is -0.373 e. The number of piperidine rings is 1. The second kappa shape index (κ2) is 12.7. The van der Waals surface area contributed by atoms with E-state index in [0.717, 1.165) is 51.3 Å². The Hall–Kier alpha value is -0.850. The Morgan fingerprint density at radius 1 is 1.18 bits per heavy atom. The number of hydrogen-bond donors (Lipinski definition) is 2. The van der Waals surface area contributed by atoms with Gasteiger partial charge in [0.15, 0.2) is 0 Å². The SMILES string of the molecule is CC1CN(Cc2ccc(C(=O)NCCC3CCCNC3)cc2)CC(C)O1.Cl.Cl. The highest BCUT2D eigenvalue weighted by Gasteiger charge is 2.22. The van der Waals surface area contributed by atoms with E-state index in [0.29, 0.717) is 5.92 Å². The van der Waals surface area contributed by atoms with Crippen LogP contribution < -0.4 is 10.6 Å². The standard InChI is InChI=1S/C21H33N3O2.2ClH/c1-16-13-24(14-17(2)26-16)15-19-5-7-20(8-6-19)21(25)23-11-9-18-4-3-10-22-12-18;;/h5-8,16-18,22H,3-4,9-15H2,1-2H3,(H,23,25);2*1H. The van der Waals surface area contributed by atoms with Crippen molar-refractivity contribution in [2.75, 3.05) is 32.7 Å². The van der Waals surface area contributed by atoms with Crippen molar-refractivity contribution in [2.45, 2.75) is 51.9 Å². The maximum absolute atomic E-state index is 12.3. The normalized spacial score (nSPS) is 25.3. The van der Waals surface area contributed by atoms with Crippen molar-refractivity contribution in [1.82, 2.24) is 15.5 Å². The Morgan fingerprint density at radius 3 is 2.46 bits per heavy atom. The van der Waals surface area contributed by atoms with Gasteiger partial charge in [-0.2, -0.15) is 0 Å². The third-order valence-electron chi connectivity index (χ3n) is 5.35. The first-order valence-corrected chi connectivity index (χ1v) is 10.1. The zero-order valence-corrected chi connectivity index (χ0v) is 18.6. The first-order valence-electron chi connectivity index (χ1n) is 10.1. The minimum absolute atomic E-state index is 0. The minimum atomic E-state index is 0. The summed E-state index contributed by atoms with van der Waals surface area (Å²) in [6, 6.07) is 8.04. The Kier molecular flexibility index (Phi) is 11.4. The topological polar surface area (TPSA) is 53.6 Å². The summed E-state index contributed by atoms with van der Waals surface area (Å²) in [7, 11) is 0. The van der Waals surface area contributed by atoms with Gasteiger partial charge in [0.25, 0.3) is 5.91 Å². The largest absolute Gasteiger partial charge is 0.373 e. The van der Waals surface area contributed by atoms with Gasteiger partial charge in [-0.3, -0.25) is 9.69 Å². The number of ether oxygens (including phenoxy) is 1. The van der Waals surface area contributed by atoms with Gasteiger partial charge < -0.3 is 15.4 Å². The van der Waals surface area contributed by atoms with Gasteiger partial charge in [-0.15, -0.1) is 24.8 Å². The number of carbonyl (C=O) groups is 1. The quantitative estimate of drug-likeness (QED) is 0.725. The molecule has 2 N–H and O–H groups in total. The van der Waals surface area contributed by atoms with E-state index in [4.69, 9.17) is 4.74 Å². The first-order chi connectivity index (χ1) is 12.6. The average Bonchev–Trinajstić information content (AvgIpc) is 2.62. The summed E-state index contributed by atoms with van der Waals surface area (Å²) in [6.07, 6.45) is 4.15. The van der Waals surface area contributed by atoms with Gasteiger partial charge in [-0.05, 0) is 69.8 Å². The number of nitrogens with zero attached hydrogens (tertiary/aromatic N) is 1. The van der Waals surface area contributed by atoms with Crippen LogP contribution in [-0.4, -0.2) is 55.7 Å². The van der Waals surface area contributed by atoms with Gasteiger partial charge in [0.05, 0.1) is 12.2 Å². The van der Waals surface area contributed by atoms with Crippen molar-refractivity contribution in [2.24, 2.45) is 5.92 Å². The van der Waals surface area contributed by atoms with E-state index in [-0.39, 0.29) is 42.9 Å². The lowest BCUT2D eigenvalue weighted by Gasteiger charge is -2.35.